The average Bonchev–Trinajstić information content (AvgIpc) is 3.89. The van der Waals surface area contributed by atoms with Crippen molar-refractivity contribution in [2.24, 2.45) is 0 Å². The van der Waals surface area contributed by atoms with E-state index >= 15 is 0 Å². The number of carbonyl (C=O) groups is 1. The molecule has 0 spiro atoms. The van der Waals surface area contributed by atoms with Crippen molar-refractivity contribution in [2.75, 3.05) is 7.11 Å². The van der Waals surface area contributed by atoms with Crippen molar-refractivity contribution in [3.8, 4) is 45.6 Å². The van der Waals surface area contributed by atoms with Crippen molar-refractivity contribution >= 4 is 5.97 Å². The number of imidazole rings is 1. The molecular weight excluding hydrogens is 588 g/mol. The van der Waals surface area contributed by atoms with E-state index in [-0.39, 0.29) is 11.5 Å². The molecule has 1 saturated carbocycles. The van der Waals surface area contributed by atoms with Gasteiger partial charge in [-0.15, -0.1) is 0 Å². The second-order valence-electron chi connectivity index (χ2n) is 11.5. The van der Waals surface area contributed by atoms with E-state index in [0.29, 0.717) is 36.2 Å². The number of carboxylic acids is 1. The van der Waals surface area contributed by atoms with Crippen molar-refractivity contribution in [1.82, 2.24) is 9.55 Å². The van der Waals surface area contributed by atoms with Gasteiger partial charge >= 0.3 is 5.97 Å². The number of hydrogen-bond donors (Lipinski definition) is 1. The maximum absolute atomic E-state index is 12.3. The molecule has 1 aliphatic carbocycles. The summed E-state index contributed by atoms with van der Waals surface area (Å²) in [7, 11) is 1.48. The van der Waals surface area contributed by atoms with E-state index in [9.17, 15) is 9.90 Å². The summed E-state index contributed by atoms with van der Waals surface area (Å²) in [6.07, 6.45) is 2.00. The number of ether oxygens (including phenoxy) is 3. The van der Waals surface area contributed by atoms with Gasteiger partial charge in [0.1, 0.15) is 41.9 Å². The number of aromatic nitrogens is 2. The van der Waals surface area contributed by atoms with Gasteiger partial charge in [0.25, 0.3) is 0 Å². The van der Waals surface area contributed by atoms with Crippen LogP contribution in [0.25, 0.3) is 28.3 Å². The zero-order chi connectivity index (χ0) is 32.2. The predicted octanol–water partition coefficient (Wildman–Crippen LogP) is 8.95. The molecule has 7 heteroatoms. The zero-order valence-electron chi connectivity index (χ0n) is 26.0. The summed E-state index contributed by atoms with van der Waals surface area (Å²) in [5.41, 5.74) is 6.36. The standard InChI is InChI=1S/C40H34N2O5/c1-45-34-23-22-30(24-33(34)40(43)44)42-38(29-20-21-29)37(31-16-8-10-18-35(31)46-25-27-12-4-2-5-13-27)41-39(42)32-17-9-11-19-36(32)47-26-28-14-6-3-7-15-28/h2-19,22-24,29H,20-21,25-26H2,1H3,(H,43,44). The van der Waals surface area contributed by atoms with Crippen molar-refractivity contribution in [2.45, 2.75) is 32.0 Å². The Hall–Kier alpha value is -5.82. The molecule has 47 heavy (non-hydrogen) atoms. The third-order valence-corrected chi connectivity index (χ3v) is 8.29. The summed E-state index contributed by atoms with van der Waals surface area (Å²) in [5.74, 6) is 1.53. The van der Waals surface area contributed by atoms with Gasteiger partial charge in [0.15, 0.2) is 0 Å². The molecule has 1 aromatic heterocycles. The van der Waals surface area contributed by atoms with Crippen LogP contribution in [0.4, 0.5) is 0 Å². The number of para-hydroxylation sites is 2. The molecule has 1 fully saturated rings. The Morgan fingerprint density at radius 1 is 0.723 bits per heavy atom. The first-order chi connectivity index (χ1) is 23.1. The third-order valence-electron chi connectivity index (χ3n) is 8.29. The molecule has 0 atom stereocenters. The smallest absolute Gasteiger partial charge is 0.339 e. The lowest BCUT2D eigenvalue weighted by atomic mass is 10.1. The highest BCUT2D eigenvalue weighted by atomic mass is 16.5. The van der Waals surface area contributed by atoms with E-state index < -0.39 is 5.97 Å². The van der Waals surface area contributed by atoms with Crippen molar-refractivity contribution < 1.29 is 24.1 Å². The normalized spacial score (nSPS) is 12.4. The highest BCUT2D eigenvalue weighted by Gasteiger charge is 2.35. The van der Waals surface area contributed by atoms with Gasteiger partial charge < -0.3 is 19.3 Å². The minimum absolute atomic E-state index is 0.0770. The molecule has 0 unspecified atom stereocenters. The number of aromatic carboxylic acids is 1. The number of carboxylic acid groups (broad SMARTS) is 1. The van der Waals surface area contributed by atoms with Crippen LogP contribution in [-0.2, 0) is 13.2 Å². The van der Waals surface area contributed by atoms with Crippen LogP contribution >= 0.6 is 0 Å². The summed E-state index contributed by atoms with van der Waals surface area (Å²) in [6.45, 7) is 0.809. The Kier molecular flexibility index (Phi) is 8.43. The Bertz CT molecular complexity index is 2020. The van der Waals surface area contributed by atoms with Crippen LogP contribution in [0.15, 0.2) is 127 Å². The van der Waals surface area contributed by atoms with E-state index in [2.05, 4.69) is 4.57 Å². The molecule has 1 aliphatic rings. The molecule has 0 radical (unpaired) electrons. The number of nitrogens with zero attached hydrogens (tertiary/aromatic N) is 2. The molecule has 7 rings (SSSR count). The lowest BCUT2D eigenvalue weighted by Gasteiger charge is -2.17. The maximum atomic E-state index is 12.3. The zero-order valence-corrected chi connectivity index (χ0v) is 26.0. The second-order valence-corrected chi connectivity index (χ2v) is 11.5. The monoisotopic (exact) mass is 622 g/mol. The van der Waals surface area contributed by atoms with Gasteiger partial charge in [-0.3, -0.25) is 4.57 Å². The first-order valence-electron chi connectivity index (χ1n) is 15.7. The van der Waals surface area contributed by atoms with Crippen molar-refractivity contribution in [3.63, 3.8) is 0 Å². The highest BCUT2D eigenvalue weighted by molar-refractivity contribution is 5.92. The van der Waals surface area contributed by atoms with Gasteiger partial charge in [-0.2, -0.15) is 0 Å². The second kappa shape index (κ2) is 13.3. The summed E-state index contributed by atoms with van der Waals surface area (Å²) in [6, 6.07) is 41.2. The van der Waals surface area contributed by atoms with Crippen molar-refractivity contribution in [3.05, 3.63) is 150 Å². The van der Waals surface area contributed by atoms with Gasteiger partial charge in [-0.1, -0.05) is 84.9 Å². The quantitative estimate of drug-likeness (QED) is 0.147. The summed E-state index contributed by atoms with van der Waals surface area (Å²) in [5, 5.41) is 10.1. The lowest BCUT2D eigenvalue weighted by molar-refractivity contribution is 0.0693. The third kappa shape index (κ3) is 6.33. The fourth-order valence-corrected chi connectivity index (χ4v) is 5.84. The Morgan fingerprint density at radius 3 is 1.85 bits per heavy atom. The minimum Gasteiger partial charge on any atom is -0.496 e. The SMILES string of the molecule is COc1ccc(-n2c(-c3ccccc3OCc3ccccc3)nc(-c3ccccc3OCc3ccccc3)c2C2CC2)cc1C(=O)O. The van der Waals surface area contributed by atoms with Crippen LogP contribution in [0.3, 0.4) is 0 Å². The van der Waals surface area contributed by atoms with E-state index in [1.807, 2.05) is 115 Å². The molecule has 6 aromatic rings. The van der Waals surface area contributed by atoms with Crippen LogP contribution in [0.5, 0.6) is 17.2 Å². The molecule has 0 amide bonds. The van der Waals surface area contributed by atoms with Crippen LogP contribution in [0.2, 0.25) is 0 Å². The molecule has 5 aromatic carbocycles. The van der Waals surface area contributed by atoms with Gasteiger partial charge in [0.05, 0.1) is 24.1 Å². The summed E-state index contributed by atoms with van der Waals surface area (Å²) in [4.78, 5) is 17.7. The van der Waals surface area contributed by atoms with Crippen LogP contribution in [0, 0.1) is 0 Å². The van der Waals surface area contributed by atoms with Crippen LogP contribution in [-0.4, -0.2) is 27.7 Å². The number of benzene rings is 5. The summed E-state index contributed by atoms with van der Waals surface area (Å²) >= 11 is 0. The highest BCUT2D eigenvalue weighted by Crippen LogP contribution is 2.49. The number of methoxy groups -OCH3 is 1. The van der Waals surface area contributed by atoms with Gasteiger partial charge in [0.2, 0.25) is 0 Å². The van der Waals surface area contributed by atoms with Gasteiger partial charge in [-0.25, -0.2) is 9.78 Å². The number of rotatable bonds is 12. The fraction of sp³-hybridized carbons (Fsp3) is 0.150. The molecular formula is C40H34N2O5. The first-order valence-corrected chi connectivity index (χ1v) is 15.7. The summed E-state index contributed by atoms with van der Waals surface area (Å²) < 4.78 is 20.3. The molecule has 0 saturated heterocycles. The van der Waals surface area contributed by atoms with Crippen LogP contribution < -0.4 is 14.2 Å². The van der Waals surface area contributed by atoms with E-state index in [1.54, 1.807) is 12.1 Å². The van der Waals surface area contributed by atoms with Crippen molar-refractivity contribution in [1.29, 1.82) is 0 Å². The van der Waals surface area contributed by atoms with E-state index in [0.717, 1.165) is 52.2 Å². The van der Waals surface area contributed by atoms with Gasteiger partial charge in [0, 0.05) is 17.2 Å². The molecule has 7 nitrogen and oxygen atoms in total. The fourth-order valence-electron chi connectivity index (χ4n) is 5.84. The molecule has 0 bridgehead atoms. The first kappa shape index (κ1) is 29.9. The van der Waals surface area contributed by atoms with E-state index in [1.165, 1.54) is 7.11 Å². The topological polar surface area (TPSA) is 82.8 Å². The molecule has 0 aliphatic heterocycles. The predicted molar refractivity (Wildman–Crippen MR) is 181 cm³/mol. The minimum atomic E-state index is -1.06. The number of hydrogen-bond acceptors (Lipinski definition) is 5. The Morgan fingerprint density at radius 2 is 1.28 bits per heavy atom. The molecule has 234 valence electrons. The largest absolute Gasteiger partial charge is 0.496 e. The molecule has 1 heterocycles. The Labute approximate surface area is 273 Å². The lowest BCUT2D eigenvalue weighted by Crippen LogP contribution is -2.07. The van der Waals surface area contributed by atoms with Gasteiger partial charge in [-0.05, 0) is 66.4 Å². The average molecular weight is 623 g/mol. The Balaban J connectivity index is 1.41. The van der Waals surface area contributed by atoms with Crippen LogP contribution in [0.1, 0.15) is 45.9 Å². The maximum Gasteiger partial charge on any atom is 0.339 e. The van der Waals surface area contributed by atoms with E-state index in [4.69, 9.17) is 19.2 Å². The molecule has 1 N–H and O–H groups in total.